The van der Waals surface area contributed by atoms with Gasteiger partial charge in [-0.1, -0.05) is 17.3 Å². The van der Waals surface area contributed by atoms with E-state index in [-0.39, 0.29) is 0 Å². The van der Waals surface area contributed by atoms with Gasteiger partial charge in [0.1, 0.15) is 5.76 Å². The second-order valence-corrected chi connectivity index (χ2v) is 5.04. The zero-order chi connectivity index (χ0) is 15.5. The monoisotopic (exact) mass is 294 g/mol. The summed E-state index contributed by atoms with van der Waals surface area (Å²) in [4.78, 5) is 0. The van der Waals surface area contributed by atoms with Gasteiger partial charge in [-0.25, -0.2) is 4.68 Å². The van der Waals surface area contributed by atoms with Crippen molar-refractivity contribution < 1.29 is 4.52 Å². The molecule has 0 aliphatic heterocycles. The fraction of sp³-hybridized carbons (Fsp3) is 0.267. The molecular weight excluding hydrogens is 280 g/mol. The summed E-state index contributed by atoms with van der Waals surface area (Å²) in [5, 5.41) is 24.8. The molecule has 22 heavy (non-hydrogen) atoms. The summed E-state index contributed by atoms with van der Waals surface area (Å²) >= 11 is 0. The molecule has 110 valence electrons. The normalized spacial score (nSPS) is 10.6. The van der Waals surface area contributed by atoms with Gasteiger partial charge < -0.3 is 4.52 Å². The quantitative estimate of drug-likeness (QED) is 0.728. The van der Waals surface area contributed by atoms with Gasteiger partial charge in [0, 0.05) is 12.0 Å². The van der Waals surface area contributed by atoms with E-state index in [9.17, 15) is 0 Å². The smallest absolute Gasteiger partial charge is 0.156 e. The molecule has 0 aliphatic carbocycles. The van der Waals surface area contributed by atoms with Crippen molar-refractivity contribution >= 4 is 0 Å². The van der Waals surface area contributed by atoms with Gasteiger partial charge in [-0.05, 0) is 42.0 Å². The van der Waals surface area contributed by atoms with E-state index >= 15 is 0 Å². The van der Waals surface area contributed by atoms with Crippen molar-refractivity contribution in [2.45, 2.75) is 26.8 Å². The molecule has 7 nitrogen and oxygen atoms in total. The highest BCUT2D eigenvalue weighted by atomic mass is 16.5. The van der Waals surface area contributed by atoms with Crippen LogP contribution < -0.4 is 0 Å². The summed E-state index contributed by atoms with van der Waals surface area (Å²) in [7, 11) is 0. The number of rotatable bonds is 4. The van der Waals surface area contributed by atoms with Gasteiger partial charge in [0.2, 0.25) is 0 Å². The summed E-state index contributed by atoms with van der Waals surface area (Å²) in [5.74, 6) is 1.51. The van der Waals surface area contributed by atoms with Gasteiger partial charge in [-0.2, -0.15) is 5.26 Å². The first-order valence-corrected chi connectivity index (χ1v) is 6.83. The van der Waals surface area contributed by atoms with Crippen molar-refractivity contribution in [3.8, 4) is 6.07 Å². The number of aromatic nitrogens is 5. The highest BCUT2D eigenvalue weighted by Gasteiger charge is 2.14. The van der Waals surface area contributed by atoms with Crippen LogP contribution in [0.2, 0.25) is 0 Å². The van der Waals surface area contributed by atoms with Crippen LogP contribution in [0.5, 0.6) is 0 Å². The van der Waals surface area contributed by atoms with Crippen LogP contribution >= 0.6 is 0 Å². The van der Waals surface area contributed by atoms with Crippen LogP contribution in [0.4, 0.5) is 0 Å². The lowest BCUT2D eigenvalue weighted by Gasteiger charge is -2.05. The lowest BCUT2D eigenvalue weighted by molar-refractivity contribution is 0.392. The van der Waals surface area contributed by atoms with Gasteiger partial charge in [0.25, 0.3) is 0 Å². The van der Waals surface area contributed by atoms with Crippen LogP contribution in [0.1, 0.15) is 34.0 Å². The van der Waals surface area contributed by atoms with Crippen molar-refractivity contribution in [3.63, 3.8) is 0 Å². The van der Waals surface area contributed by atoms with E-state index in [4.69, 9.17) is 9.78 Å². The maximum Gasteiger partial charge on any atom is 0.156 e. The average molecular weight is 294 g/mol. The molecule has 0 aliphatic rings. The Balaban J connectivity index is 1.85. The van der Waals surface area contributed by atoms with E-state index < -0.39 is 0 Å². The zero-order valence-corrected chi connectivity index (χ0v) is 12.3. The van der Waals surface area contributed by atoms with E-state index in [1.165, 1.54) is 0 Å². The van der Waals surface area contributed by atoms with Gasteiger partial charge in [-0.15, -0.1) is 5.10 Å². The summed E-state index contributed by atoms with van der Waals surface area (Å²) in [5.41, 5.74) is 3.45. The summed E-state index contributed by atoms with van der Waals surface area (Å²) in [6, 6.07) is 9.54. The van der Waals surface area contributed by atoms with Gasteiger partial charge in [0.15, 0.2) is 5.82 Å². The molecule has 0 atom stereocenters. The lowest BCUT2D eigenvalue weighted by atomic mass is 10.1. The minimum absolute atomic E-state index is 0.515. The Morgan fingerprint density at radius 3 is 2.91 bits per heavy atom. The van der Waals surface area contributed by atoms with Gasteiger partial charge >= 0.3 is 0 Å². The predicted octanol–water partition coefficient (Wildman–Crippen LogP) is 1.79. The molecule has 2 heterocycles. The third-order valence-corrected chi connectivity index (χ3v) is 3.51. The van der Waals surface area contributed by atoms with Gasteiger partial charge in [0.05, 0.1) is 23.9 Å². The first-order chi connectivity index (χ1) is 10.7. The maximum atomic E-state index is 8.96. The molecule has 0 unspecified atom stereocenters. The van der Waals surface area contributed by atoms with Crippen LogP contribution in [0.3, 0.4) is 0 Å². The Labute approximate surface area is 127 Å². The summed E-state index contributed by atoms with van der Waals surface area (Å²) in [6.45, 7) is 4.29. The fourth-order valence-electron chi connectivity index (χ4n) is 2.30. The average Bonchev–Trinajstić information content (AvgIpc) is 3.09. The molecule has 0 fully saturated rings. The number of benzene rings is 1. The van der Waals surface area contributed by atoms with Crippen molar-refractivity contribution in [3.05, 3.63) is 58.2 Å². The van der Waals surface area contributed by atoms with E-state index in [1.54, 1.807) is 10.7 Å². The Kier molecular flexibility index (Phi) is 3.66. The molecule has 3 rings (SSSR count). The Morgan fingerprint density at radius 2 is 2.18 bits per heavy atom. The van der Waals surface area contributed by atoms with Crippen LogP contribution in [0.15, 0.2) is 28.8 Å². The second kappa shape index (κ2) is 5.77. The third-order valence-electron chi connectivity index (χ3n) is 3.51. The van der Waals surface area contributed by atoms with E-state index in [2.05, 4.69) is 26.8 Å². The number of tetrazole rings is 1. The van der Waals surface area contributed by atoms with Crippen LogP contribution in [-0.4, -0.2) is 25.4 Å². The minimum atomic E-state index is 0.515. The van der Waals surface area contributed by atoms with Crippen LogP contribution in [0.25, 0.3) is 0 Å². The molecule has 1 aromatic carbocycles. The molecule has 0 saturated carbocycles. The molecule has 3 aromatic rings. The molecule has 0 N–H and O–H groups in total. The Bertz CT molecular complexity index is 822. The van der Waals surface area contributed by atoms with Crippen LogP contribution in [-0.2, 0) is 13.0 Å². The van der Waals surface area contributed by atoms with E-state index in [1.807, 2.05) is 32.0 Å². The SMILES string of the molecule is Cc1noc(C)c1Cc1nnnn1Cc1cccc(C#N)c1. The van der Waals surface area contributed by atoms with Crippen molar-refractivity contribution in [1.29, 1.82) is 5.26 Å². The zero-order valence-electron chi connectivity index (χ0n) is 12.3. The Hall–Kier alpha value is -3.01. The summed E-state index contributed by atoms with van der Waals surface area (Å²) < 4.78 is 6.89. The first-order valence-electron chi connectivity index (χ1n) is 6.83. The summed E-state index contributed by atoms with van der Waals surface area (Å²) in [6.07, 6.45) is 0.562. The minimum Gasteiger partial charge on any atom is -0.361 e. The topological polar surface area (TPSA) is 93.4 Å². The van der Waals surface area contributed by atoms with E-state index in [0.29, 0.717) is 18.5 Å². The third kappa shape index (κ3) is 2.72. The van der Waals surface area contributed by atoms with E-state index in [0.717, 1.165) is 28.4 Å². The van der Waals surface area contributed by atoms with Gasteiger partial charge in [-0.3, -0.25) is 0 Å². The van der Waals surface area contributed by atoms with Crippen molar-refractivity contribution in [1.82, 2.24) is 25.4 Å². The molecule has 0 radical (unpaired) electrons. The van der Waals surface area contributed by atoms with Crippen molar-refractivity contribution in [2.75, 3.05) is 0 Å². The standard InChI is InChI=1S/C15H14N6O/c1-10-14(11(2)22-18-10)7-15-17-19-20-21(15)9-13-5-3-4-12(6-13)8-16/h3-6H,7,9H2,1-2H3. The maximum absolute atomic E-state index is 8.96. The molecule has 0 bridgehead atoms. The Morgan fingerprint density at radius 1 is 1.32 bits per heavy atom. The number of nitriles is 1. The number of hydrogen-bond acceptors (Lipinski definition) is 6. The fourth-order valence-corrected chi connectivity index (χ4v) is 2.30. The molecule has 7 heteroatoms. The molecule has 2 aromatic heterocycles. The predicted molar refractivity (Wildman–Crippen MR) is 76.9 cm³/mol. The molecular formula is C15H14N6O. The van der Waals surface area contributed by atoms with Crippen LogP contribution in [0, 0.1) is 25.2 Å². The molecule has 0 spiro atoms. The second-order valence-electron chi connectivity index (χ2n) is 5.04. The first kappa shape index (κ1) is 13.9. The highest BCUT2D eigenvalue weighted by molar-refractivity contribution is 5.33. The molecule has 0 amide bonds. The highest BCUT2D eigenvalue weighted by Crippen LogP contribution is 2.16. The number of aryl methyl sites for hydroxylation is 2. The molecule has 0 saturated heterocycles. The number of nitrogens with zero attached hydrogens (tertiary/aromatic N) is 6. The largest absolute Gasteiger partial charge is 0.361 e. The number of hydrogen-bond donors (Lipinski definition) is 0. The lowest BCUT2D eigenvalue weighted by Crippen LogP contribution is -2.08. The van der Waals surface area contributed by atoms with Crippen molar-refractivity contribution in [2.24, 2.45) is 0 Å².